The number of rotatable bonds is 7. The molecule has 4 aromatic rings. The fourth-order valence-electron chi connectivity index (χ4n) is 6.47. The van der Waals surface area contributed by atoms with Gasteiger partial charge >= 0.3 is 0 Å². The van der Waals surface area contributed by atoms with Gasteiger partial charge in [-0.05, 0) is 54.3 Å². The van der Waals surface area contributed by atoms with E-state index in [4.69, 9.17) is 4.74 Å². The Kier molecular flexibility index (Phi) is 7.03. The minimum absolute atomic E-state index is 0.342. The Hall–Kier alpha value is -3.47. The lowest BCUT2D eigenvalue weighted by molar-refractivity contribution is 0.0380. The van der Waals surface area contributed by atoms with Crippen molar-refractivity contribution in [2.45, 2.75) is 37.4 Å². The lowest BCUT2D eigenvalue weighted by atomic mass is 9.82. The summed E-state index contributed by atoms with van der Waals surface area (Å²) in [6.45, 7) is 4.21. The molecular formula is C33H35N3O. The van der Waals surface area contributed by atoms with Crippen molar-refractivity contribution < 1.29 is 4.74 Å². The summed E-state index contributed by atoms with van der Waals surface area (Å²) >= 11 is 0. The van der Waals surface area contributed by atoms with Gasteiger partial charge in [0.25, 0.3) is 0 Å². The molecule has 0 unspecified atom stereocenters. The van der Waals surface area contributed by atoms with Gasteiger partial charge < -0.3 is 4.74 Å². The summed E-state index contributed by atoms with van der Waals surface area (Å²) in [5, 5.41) is 0. The molecule has 0 saturated carbocycles. The average molecular weight is 490 g/mol. The van der Waals surface area contributed by atoms with Crippen LogP contribution in [0.1, 0.15) is 35.4 Å². The molecule has 3 heterocycles. The molecular weight excluding hydrogens is 454 g/mol. The first kappa shape index (κ1) is 23.9. The van der Waals surface area contributed by atoms with E-state index in [2.05, 4.69) is 99.7 Å². The molecule has 4 nitrogen and oxygen atoms in total. The standard InChI is InChI=1S/C33H35N3O/c1-37-32-17-16-27(28-14-8-18-34-21-28)20-29(32)22-35-23-30-15-9-19-36(30)31(24-35)33(25-10-4-2-5-11-25)26-12-6-3-7-13-26/h2-8,10-14,16-18,20-21,30-31,33H,9,15,19,22-24H2,1H3/t30-,31-/m0/s1. The molecule has 37 heavy (non-hydrogen) atoms. The summed E-state index contributed by atoms with van der Waals surface area (Å²) in [6.07, 6.45) is 6.32. The largest absolute Gasteiger partial charge is 0.496 e. The van der Waals surface area contributed by atoms with E-state index in [0.29, 0.717) is 18.0 Å². The number of hydrogen-bond acceptors (Lipinski definition) is 4. The molecule has 2 aliphatic rings. The van der Waals surface area contributed by atoms with Crippen LogP contribution >= 0.6 is 0 Å². The zero-order valence-corrected chi connectivity index (χ0v) is 21.5. The summed E-state index contributed by atoms with van der Waals surface area (Å²) in [6, 6.07) is 33.9. The van der Waals surface area contributed by atoms with Gasteiger partial charge in [-0.1, -0.05) is 72.8 Å². The smallest absolute Gasteiger partial charge is 0.123 e. The van der Waals surface area contributed by atoms with E-state index in [-0.39, 0.29) is 0 Å². The third-order valence-corrected chi connectivity index (χ3v) is 8.13. The molecule has 4 heteroatoms. The summed E-state index contributed by atoms with van der Waals surface area (Å²) in [5.41, 5.74) is 6.37. The highest BCUT2D eigenvalue weighted by atomic mass is 16.5. The Morgan fingerprint density at radius 2 is 1.62 bits per heavy atom. The topological polar surface area (TPSA) is 28.6 Å². The second-order valence-corrected chi connectivity index (χ2v) is 10.4. The monoisotopic (exact) mass is 489 g/mol. The minimum atomic E-state index is 0.342. The Morgan fingerprint density at radius 1 is 0.865 bits per heavy atom. The number of nitrogens with zero attached hydrogens (tertiary/aromatic N) is 3. The second-order valence-electron chi connectivity index (χ2n) is 10.4. The van der Waals surface area contributed by atoms with Gasteiger partial charge in [-0.3, -0.25) is 14.8 Å². The predicted octanol–water partition coefficient (Wildman–Crippen LogP) is 6.24. The summed E-state index contributed by atoms with van der Waals surface area (Å²) in [4.78, 5) is 9.80. The minimum Gasteiger partial charge on any atom is -0.496 e. The molecule has 0 spiro atoms. The fraction of sp³-hybridized carbons (Fsp3) is 0.303. The fourth-order valence-corrected chi connectivity index (χ4v) is 6.47. The Balaban J connectivity index is 1.33. The molecule has 0 radical (unpaired) electrons. The maximum atomic E-state index is 5.82. The zero-order chi connectivity index (χ0) is 25.0. The van der Waals surface area contributed by atoms with Crippen LogP contribution in [-0.4, -0.2) is 53.6 Å². The summed E-state index contributed by atoms with van der Waals surface area (Å²) in [7, 11) is 1.78. The van der Waals surface area contributed by atoms with Gasteiger partial charge in [-0.25, -0.2) is 0 Å². The molecule has 188 valence electrons. The van der Waals surface area contributed by atoms with Crippen molar-refractivity contribution >= 4 is 0 Å². The van der Waals surface area contributed by atoms with Crippen molar-refractivity contribution in [2.75, 3.05) is 26.7 Å². The molecule has 6 rings (SSSR count). The van der Waals surface area contributed by atoms with Gasteiger partial charge in [0.2, 0.25) is 0 Å². The van der Waals surface area contributed by atoms with Crippen molar-refractivity contribution in [3.05, 3.63) is 120 Å². The summed E-state index contributed by atoms with van der Waals surface area (Å²) < 4.78 is 5.82. The number of hydrogen-bond donors (Lipinski definition) is 0. The lowest BCUT2D eigenvalue weighted by Gasteiger charge is -2.47. The average Bonchev–Trinajstić information content (AvgIpc) is 3.44. The van der Waals surface area contributed by atoms with Crippen LogP contribution in [0.2, 0.25) is 0 Å². The van der Waals surface area contributed by atoms with Crippen LogP contribution in [0.15, 0.2) is 103 Å². The van der Waals surface area contributed by atoms with Gasteiger partial charge in [-0.2, -0.15) is 0 Å². The molecule has 0 bridgehead atoms. The molecule has 0 amide bonds. The SMILES string of the molecule is COc1ccc(-c2cccnc2)cc1CN1C[C@@H]2CCCN2[C@H](C(c2ccccc2)c2ccccc2)C1. The van der Waals surface area contributed by atoms with Crippen molar-refractivity contribution in [3.8, 4) is 16.9 Å². The van der Waals surface area contributed by atoms with E-state index >= 15 is 0 Å². The van der Waals surface area contributed by atoms with Crippen LogP contribution in [0.4, 0.5) is 0 Å². The molecule has 3 aromatic carbocycles. The highest BCUT2D eigenvalue weighted by Gasteiger charge is 2.41. The van der Waals surface area contributed by atoms with Gasteiger partial charge in [0, 0.05) is 61.2 Å². The van der Waals surface area contributed by atoms with E-state index in [0.717, 1.165) is 30.9 Å². The lowest BCUT2D eigenvalue weighted by Crippen LogP contribution is -2.57. The number of aromatic nitrogens is 1. The van der Waals surface area contributed by atoms with Gasteiger partial charge in [0.15, 0.2) is 0 Å². The maximum absolute atomic E-state index is 5.82. The van der Waals surface area contributed by atoms with E-state index in [9.17, 15) is 0 Å². The highest BCUT2D eigenvalue weighted by Crippen LogP contribution is 2.38. The number of piperazine rings is 1. The van der Waals surface area contributed by atoms with Crippen LogP contribution in [-0.2, 0) is 6.54 Å². The Bertz CT molecular complexity index is 1260. The van der Waals surface area contributed by atoms with Crippen molar-refractivity contribution in [1.29, 1.82) is 0 Å². The van der Waals surface area contributed by atoms with Gasteiger partial charge in [0.1, 0.15) is 5.75 Å². The van der Waals surface area contributed by atoms with Crippen molar-refractivity contribution in [2.24, 2.45) is 0 Å². The van der Waals surface area contributed by atoms with Crippen LogP contribution in [0.25, 0.3) is 11.1 Å². The third kappa shape index (κ3) is 5.04. The Morgan fingerprint density at radius 3 is 2.30 bits per heavy atom. The third-order valence-electron chi connectivity index (χ3n) is 8.13. The number of pyridine rings is 1. The highest BCUT2D eigenvalue weighted by molar-refractivity contribution is 5.64. The van der Waals surface area contributed by atoms with E-state index in [1.165, 1.54) is 41.6 Å². The van der Waals surface area contributed by atoms with E-state index in [1.54, 1.807) is 7.11 Å². The number of benzene rings is 3. The van der Waals surface area contributed by atoms with Crippen LogP contribution < -0.4 is 4.74 Å². The number of methoxy groups -OCH3 is 1. The first-order chi connectivity index (χ1) is 18.3. The molecule has 2 saturated heterocycles. The molecule has 0 aliphatic carbocycles. The van der Waals surface area contributed by atoms with Crippen molar-refractivity contribution in [1.82, 2.24) is 14.8 Å². The quantitative estimate of drug-likeness (QED) is 0.307. The van der Waals surface area contributed by atoms with Gasteiger partial charge in [0.05, 0.1) is 7.11 Å². The zero-order valence-electron chi connectivity index (χ0n) is 21.5. The second kappa shape index (κ2) is 10.9. The molecule has 0 N–H and O–H groups in total. The molecule has 1 aromatic heterocycles. The molecule has 2 atom stereocenters. The number of ether oxygens (including phenoxy) is 1. The predicted molar refractivity (Wildman–Crippen MR) is 150 cm³/mol. The molecule has 2 aliphatic heterocycles. The van der Waals surface area contributed by atoms with Crippen LogP contribution in [0.3, 0.4) is 0 Å². The number of fused-ring (bicyclic) bond motifs is 1. The first-order valence-corrected chi connectivity index (χ1v) is 13.5. The first-order valence-electron chi connectivity index (χ1n) is 13.5. The maximum Gasteiger partial charge on any atom is 0.123 e. The Labute approximate surface area is 220 Å². The summed E-state index contributed by atoms with van der Waals surface area (Å²) in [5.74, 6) is 1.30. The van der Waals surface area contributed by atoms with Crippen molar-refractivity contribution in [3.63, 3.8) is 0 Å². The van der Waals surface area contributed by atoms with Crippen LogP contribution in [0, 0.1) is 0 Å². The molecule has 2 fully saturated rings. The normalized spacial score (nSPS) is 20.2. The van der Waals surface area contributed by atoms with E-state index < -0.39 is 0 Å². The van der Waals surface area contributed by atoms with Gasteiger partial charge in [-0.15, -0.1) is 0 Å². The van der Waals surface area contributed by atoms with Crippen LogP contribution in [0.5, 0.6) is 5.75 Å². The van der Waals surface area contributed by atoms with E-state index in [1.807, 2.05) is 18.5 Å².